The number of nitrogens with one attached hydrogen (secondary N) is 1. The zero-order chi connectivity index (χ0) is 12.3. The molecular formula is C12H15F2NO. The molecule has 0 aliphatic heterocycles. The first-order chi connectivity index (χ1) is 7.35. The van der Waals surface area contributed by atoms with Gasteiger partial charge in [0.15, 0.2) is 5.78 Å². The number of likely N-dealkylation sites (N-methyl/N-ethyl adjacent to an activating group) is 1. The Bertz CT molecular complexity index is 382. The Labute approximate surface area is 93.7 Å². The van der Waals surface area contributed by atoms with Crippen molar-refractivity contribution in [3.8, 4) is 0 Å². The first kappa shape index (κ1) is 12.8. The van der Waals surface area contributed by atoms with Crippen LogP contribution in [0.1, 0.15) is 19.4 Å². The molecule has 0 aliphatic rings. The highest BCUT2D eigenvalue weighted by molar-refractivity contribution is 5.89. The Kier molecular flexibility index (Phi) is 3.75. The van der Waals surface area contributed by atoms with Crippen LogP contribution in [0.3, 0.4) is 0 Å². The summed E-state index contributed by atoms with van der Waals surface area (Å²) in [4.78, 5) is 11.8. The van der Waals surface area contributed by atoms with Gasteiger partial charge in [-0.3, -0.25) is 4.79 Å². The number of benzene rings is 1. The molecule has 0 amide bonds. The second-order valence-electron chi connectivity index (χ2n) is 4.25. The molecule has 0 bridgehead atoms. The van der Waals surface area contributed by atoms with Crippen molar-refractivity contribution in [1.82, 2.24) is 5.32 Å². The van der Waals surface area contributed by atoms with E-state index in [0.29, 0.717) is 5.56 Å². The van der Waals surface area contributed by atoms with Gasteiger partial charge in [-0.25, -0.2) is 8.78 Å². The summed E-state index contributed by atoms with van der Waals surface area (Å²) in [6, 6.07) is 3.14. The SMILES string of the molecule is CNC(C)(C)C(=O)Cc1cc(F)cc(F)c1. The lowest BCUT2D eigenvalue weighted by Crippen LogP contribution is -2.45. The maximum absolute atomic E-state index is 12.9. The summed E-state index contributed by atoms with van der Waals surface area (Å²) in [7, 11) is 1.67. The lowest BCUT2D eigenvalue weighted by molar-refractivity contribution is -0.123. The summed E-state index contributed by atoms with van der Waals surface area (Å²) < 4.78 is 25.8. The third kappa shape index (κ3) is 3.10. The molecule has 88 valence electrons. The maximum Gasteiger partial charge on any atom is 0.156 e. The Morgan fingerprint density at radius 1 is 1.25 bits per heavy atom. The maximum atomic E-state index is 12.9. The fourth-order valence-electron chi connectivity index (χ4n) is 1.26. The quantitative estimate of drug-likeness (QED) is 0.853. The van der Waals surface area contributed by atoms with E-state index in [1.807, 2.05) is 0 Å². The molecule has 1 rings (SSSR count). The van der Waals surface area contributed by atoms with E-state index in [1.165, 1.54) is 12.1 Å². The van der Waals surface area contributed by atoms with Crippen LogP contribution in [-0.4, -0.2) is 18.4 Å². The van der Waals surface area contributed by atoms with Gasteiger partial charge in [-0.15, -0.1) is 0 Å². The first-order valence-corrected chi connectivity index (χ1v) is 5.02. The Morgan fingerprint density at radius 2 is 1.75 bits per heavy atom. The molecule has 0 spiro atoms. The zero-order valence-electron chi connectivity index (χ0n) is 9.60. The lowest BCUT2D eigenvalue weighted by atomic mass is 9.94. The molecule has 4 heteroatoms. The van der Waals surface area contributed by atoms with Crippen molar-refractivity contribution in [3.63, 3.8) is 0 Å². The zero-order valence-corrected chi connectivity index (χ0v) is 9.60. The Balaban J connectivity index is 2.85. The Hall–Kier alpha value is -1.29. The number of hydrogen-bond donors (Lipinski definition) is 1. The van der Waals surface area contributed by atoms with Gasteiger partial charge in [0, 0.05) is 12.5 Å². The molecule has 1 aromatic rings. The van der Waals surface area contributed by atoms with Crippen LogP contribution in [0.2, 0.25) is 0 Å². The third-order valence-corrected chi connectivity index (χ3v) is 2.61. The van der Waals surface area contributed by atoms with E-state index >= 15 is 0 Å². The van der Waals surface area contributed by atoms with Crippen molar-refractivity contribution >= 4 is 5.78 Å². The smallest absolute Gasteiger partial charge is 0.156 e. The molecule has 2 nitrogen and oxygen atoms in total. The second-order valence-corrected chi connectivity index (χ2v) is 4.25. The van der Waals surface area contributed by atoms with E-state index in [0.717, 1.165) is 6.07 Å². The monoisotopic (exact) mass is 227 g/mol. The predicted octanol–water partition coefficient (Wildman–Crippen LogP) is 2.07. The molecule has 16 heavy (non-hydrogen) atoms. The van der Waals surface area contributed by atoms with Crippen LogP contribution in [0.15, 0.2) is 18.2 Å². The summed E-state index contributed by atoms with van der Waals surface area (Å²) in [5.74, 6) is -1.44. The first-order valence-electron chi connectivity index (χ1n) is 5.02. The summed E-state index contributed by atoms with van der Waals surface area (Å²) in [6.07, 6.45) is 0.0164. The molecule has 0 radical (unpaired) electrons. The van der Waals surface area contributed by atoms with Gasteiger partial charge in [-0.2, -0.15) is 0 Å². The van der Waals surface area contributed by atoms with E-state index in [-0.39, 0.29) is 12.2 Å². The minimum Gasteiger partial charge on any atom is -0.308 e. The van der Waals surface area contributed by atoms with Crippen molar-refractivity contribution < 1.29 is 13.6 Å². The number of ketones is 1. The van der Waals surface area contributed by atoms with Gasteiger partial charge in [0.1, 0.15) is 11.6 Å². The molecule has 0 unspecified atom stereocenters. The standard InChI is InChI=1S/C12H15F2NO/c1-12(2,15-3)11(16)6-8-4-9(13)7-10(14)5-8/h4-5,7,15H,6H2,1-3H3. The third-order valence-electron chi connectivity index (χ3n) is 2.61. The van der Waals surface area contributed by atoms with Gasteiger partial charge < -0.3 is 5.32 Å². The van der Waals surface area contributed by atoms with Crippen LogP contribution < -0.4 is 5.32 Å². The van der Waals surface area contributed by atoms with Crippen molar-refractivity contribution in [1.29, 1.82) is 0 Å². The normalized spacial score (nSPS) is 11.6. The molecule has 1 aromatic carbocycles. The van der Waals surface area contributed by atoms with Crippen LogP contribution in [0.5, 0.6) is 0 Å². The van der Waals surface area contributed by atoms with Crippen LogP contribution in [0.25, 0.3) is 0 Å². The van der Waals surface area contributed by atoms with Gasteiger partial charge >= 0.3 is 0 Å². The number of carbonyl (C=O) groups is 1. The predicted molar refractivity (Wildman–Crippen MR) is 58.2 cm³/mol. The van der Waals surface area contributed by atoms with Crippen LogP contribution >= 0.6 is 0 Å². The van der Waals surface area contributed by atoms with Gasteiger partial charge in [-0.1, -0.05) is 0 Å². The number of hydrogen-bond acceptors (Lipinski definition) is 2. The highest BCUT2D eigenvalue weighted by Gasteiger charge is 2.25. The number of halogens is 2. The molecule has 0 fully saturated rings. The van der Waals surface area contributed by atoms with Crippen LogP contribution in [0.4, 0.5) is 8.78 Å². The average Bonchev–Trinajstić information content (AvgIpc) is 2.15. The van der Waals surface area contributed by atoms with E-state index in [2.05, 4.69) is 5.32 Å². The molecule has 0 aliphatic carbocycles. The van der Waals surface area contributed by atoms with Gasteiger partial charge in [0.05, 0.1) is 5.54 Å². The van der Waals surface area contributed by atoms with E-state index < -0.39 is 17.2 Å². The molecule has 1 N–H and O–H groups in total. The summed E-state index contributed by atoms with van der Waals surface area (Å²) in [5.41, 5.74) is -0.339. The highest BCUT2D eigenvalue weighted by atomic mass is 19.1. The van der Waals surface area contributed by atoms with Crippen LogP contribution in [-0.2, 0) is 11.2 Å². The highest BCUT2D eigenvalue weighted by Crippen LogP contribution is 2.12. The molecular weight excluding hydrogens is 212 g/mol. The number of Topliss-reactive ketones (excluding diaryl/α,β-unsaturated/α-hetero) is 1. The van der Waals surface area contributed by atoms with Crippen LogP contribution in [0, 0.1) is 11.6 Å². The molecule has 0 heterocycles. The topological polar surface area (TPSA) is 29.1 Å². The van der Waals surface area contributed by atoms with E-state index in [9.17, 15) is 13.6 Å². The molecule has 0 aromatic heterocycles. The fraction of sp³-hybridized carbons (Fsp3) is 0.417. The average molecular weight is 227 g/mol. The molecule has 0 atom stereocenters. The molecule has 0 saturated heterocycles. The van der Waals surface area contributed by atoms with Crippen molar-refractivity contribution in [3.05, 3.63) is 35.4 Å². The summed E-state index contributed by atoms with van der Waals surface area (Å²) in [5, 5.41) is 2.85. The van der Waals surface area contributed by atoms with Gasteiger partial charge in [0.25, 0.3) is 0 Å². The van der Waals surface area contributed by atoms with Crippen molar-refractivity contribution in [2.24, 2.45) is 0 Å². The van der Waals surface area contributed by atoms with Gasteiger partial charge in [0.2, 0.25) is 0 Å². The Morgan fingerprint density at radius 3 is 2.19 bits per heavy atom. The molecule has 0 saturated carbocycles. The largest absolute Gasteiger partial charge is 0.308 e. The number of carbonyl (C=O) groups excluding carboxylic acids is 1. The second kappa shape index (κ2) is 4.70. The minimum absolute atomic E-state index is 0.0164. The van der Waals surface area contributed by atoms with Crippen molar-refractivity contribution in [2.45, 2.75) is 25.8 Å². The number of rotatable bonds is 4. The summed E-state index contributed by atoms with van der Waals surface area (Å²) >= 11 is 0. The van der Waals surface area contributed by atoms with E-state index in [1.54, 1.807) is 20.9 Å². The summed E-state index contributed by atoms with van der Waals surface area (Å²) in [6.45, 7) is 3.45. The van der Waals surface area contributed by atoms with Gasteiger partial charge in [-0.05, 0) is 38.6 Å². The lowest BCUT2D eigenvalue weighted by Gasteiger charge is -2.22. The van der Waals surface area contributed by atoms with E-state index in [4.69, 9.17) is 0 Å². The fourth-order valence-corrected chi connectivity index (χ4v) is 1.26. The van der Waals surface area contributed by atoms with Crippen molar-refractivity contribution in [2.75, 3.05) is 7.05 Å². The minimum atomic E-state index is -0.692.